The summed E-state index contributed by atoms with van der Waals surface area (Å²) in [5.41, 5.74) is 2.64. The van der Waals surface area contributed by atoms with Crippen molar-refractivity contribution in [2.75, 3.05) is 5.32 Å². The van der Waals surface area contributed by atoms with Crippen molar-refractivity contribution in [3.8, 4) is 16.3 Å². The highest BCUT2D eigenvalue weighted by atomic mass is 79.9. The highest BCUT2D eigenvalue weighted by Gasteiger charge is 2.14. The molecule has 4 aromatic carbocycles. The summed E-state index contributed by atoms with van der Waals surface area (Å²) in [7, 11) is 0. The van der Waals surface area contributed by atoms with Gasteiger partial charge in [0.1, 0.15) is 10.8 Å². The van der Waals surface area contributed by atoms with Gasteiger partial charge in [0, 0.05) is 21.8 Å². The third-order valence-electron chi connectivity index (χ3n) is 4.89. The molecule has 0 radical (unpaired) electrons. The van der Waals surface area contributed by atoms with Crippen molar-refractivity contribution in [3.05, 3.63) is 88.9 Å². The van der Waals surface area contributed by atoms with Crippen LogP contribution in [-0.4, -0.2) is 16.0 Å². The number of carbonyl (C=O) groups excluding carboxylic acids is 1. The highest BCUT2D eigenvalue weighted by molar-refractivity contribution is 9.10. The lowest BCUT2D eigenvalue weighted by Gasteiger charge is -2.10. The van der Waals surface area contributed by atoms with Crippen LogP contribution in [0.1, 0.15) is 10.4 Å². The van der Waals surface area contributed by atoms with E-state index in [1.54, 1.807) is 24.3 Å². The summed E-state index contributed by atoms with van der Waals surface area (Å²) in [5.74, 6) is -0.154. The minimum atomic E-state index is -0.231. The molecule has 1 amide bonds. The number of aromatic hydroxyl groups is 1. The second-order valence-electron chi connectivity index (χ2n) is 6.81. The van der Waals surface area contributed by atoms with Crippen molar-refractivity contribution >= 4 is 59.9 Å². The standard InChI is InChI=1S/C24H15BrN2O2S/c25-19-8-4-5-15-16(19)6-3-7-17(15)23(29)26-14-11-12-18(21(28)13-14)24-27-20-9-1-2-10-22(20)30-24/h1-13,28H,(H,26,29). The first-order valence-corrected chi connectivity index (χ1v) is 10.9. The van der Waals surface area contributed by atoms with Gasteiger partial charge in [0.15, 0.2) is 0 Å². The lowest BCUT2D eigenvalue weighted by Crippen LogP contribution is -2.12. The molecule has 6 heteroatoms. The first-order valence-electron chi connectivity index (χ1n) is 9.28. The van der Waals surface area contributed by atoms with Gasteiger partial charge in [-0.3, -0.25) is 4.79 Å². The van der Waals surface area contributed by atoms with E-state index in [-0.39, 0.29) is 11.7 Å². The average molecular weight is 475 g/mol. The molecule has 0 unspecified atom stereocenters. The SMILES string of the molecule is O=C(Nc1ccc(-c2nc3ccccc3s2)c(O)c1)c1cccc2c(Br)cccc12. The number of nitrogens with one attached hydrogen (secondary N) is 1. The molecular weight excluding hydrogens is 460 g/mol. The summed E-state index contributed by atoms with van der Waals surface area (Å²) in [6.45, 7) is 0. The number of hydrogen-bond acceptors (Lipinski definition) is 4. The Hall–Kier alpha value is -3.22. The quantitative estimate of drug-likeness (QED) is 0.301. The number of nitrogens with zero attached hydrogens (tertiary/aromatic N) is 1. The van der Waals surface area contributed by atoms with Crippen LogP contribution in [0.15, 0.2) is 83.3 Å². The molecule has 0 bridgehead atoms. The molecule has 0 saturated heterocycles. The minimum absolute atomic E-state index is 0.0764. The van der Waals surface area contributed by atoms with Gasteiger partial charge in [-0.05, 0) is 47.2 Å². The molecule has 0 atom stereocenters. The van der Waals surface area contributed by atoms with E-state index in [0.29, 0.717) is 16.8 Å². The van der Waals surface area contributed by atoms with Crippen molar-refractivity contribution in [2.45, 2.75) is 0 Å². The van der Waals surface area contributed by atoms with E-state index in [1.807, 2.05) is 54.6 Å². The van der Waals surface area contributed by atoms with Crippen LogP contribution >= 0.6 is 27.3 Å². The Morgan fingerprint density at radius 1 is 0.933 bits per heavy atom. The van der Waals surface area contributed by atoms with Crippen LogP contribution in [0.2, 0.25) is 0 Å². The van der Waals surface area contributed by atoms with E-state index in [1.165, 1.54) is 11.3 Å². The highest BCUT2D eigenvalue weighted by Crippen LogP contribution is 2.36. The van der Waals surface area contributed by atoms with Crippen LogP contribution in [0.5, 0.6) is 5.75 Å². The van der Waals surface area contributed by atoms with Gasteiger partial charge in [-0.2, -0.15) is 0 Å². The molecule has 0 aliphatic carbocycles. The van der Waals surface area contributed by atoms with Crippen LogP contribution in [0.25, 0.3) is 31.6 Å². The third kappa shape index (κ3) is 3.34. The normalized spacial score (nSPS) is 11.1. The molecule has 30 heavy (non-hydrogen) atoms. The predicted molar refractivity (Wildman–Crippen MR) is 126 cm³/mol. The molecule has 0 spiro atoms. The van der Waals surface area contributed by atoms with E-state index >= 15 is 0 Å². The van der Waals surface area contributed by atoms with Crippen molar-refractivity contribution < 1.29 is 9.90 Å². The van der Waals surface area contributed by atoms with E-state index in [4.69, 9.17) is 0 Å². The van der Waals surface area contributed by atoms with E-state index in [2.05, 4.69) is 26.2 Å². The summed E-state index contributed by atoms with van der Waals surface area (Å²) in [6, 6.07) is 24.4. The lowest BCUT2D eigenvalue weighted by atomic mass is 10.0. The fourth-order valence-electron chi connectivity index (χ4n) is 3.45. The number of phenols is 1. The summed E-state index contributed by atoms with van der Waals surface area (Å²) >= 11 is 5.05. The Morgan fingerprint density at radius 3 is 2.57 bits per heavy atom. The molecule has 0 fully saturated rings. The summed E-state index contributed by atoms with van der Waals surface area (Å²) in [6.07, 6.45) is 0. The van der Waals surface area contributed by atoms with Gasteiger partial charge in [0.05, 0.1) is 15.8 Å². The third-order valence-corrected chi connectivity index (χ3v) is 6.65. The first-order chi connectivity index (χ1) is 14.6. The second-order valence-corrected chi connectivity index (χ2v) is 8.70. The number of rotatable bonds is 3. The minimum Gasteiger partial charge on any atom is -0.507 e. The van der Waals surface area contributed by atoms with Gasteiger partial charge in [-0.25, -0.2) is 4.98 Å². The molecule has 5 rings (SSSR count). The maximum absolute atomic E-state index is 12.9. The fraction of sp³-hybridized carbons (Fsp3) is 0. The Labute approximate surface area is 185 Å². The van der Waals surface area contributed by atoms with Crippen molar-refractivity contribution in [1.82, 2.24) is 4.98 Å². The number of anilines is 1. The maximum atomic E-state index is 12.9. The molecule has 4 nitrogen and oxygen atoms in total. The fourth-order valence-corrected chi connectivity index (χ4v) is 4.94. The number of aromatic nitrogens is 1. The number of amides is 1. The number of para-hydroxylation sites is 1. The average Bonchev–Trinajstić information content (AvgIpc) is 3.17. The Balaban J connectivity index is 1.45. The van der Waals surface area contributed by atoms with Crippen LogP contribution in [0.4, 0.5) is 5.69 Å². The largest absolute Gasteiger partial charge is 0.507 e. The molecule has 146 valence electrons. The molecule has 0 aliphatic heterocycles. The van der Waals surface area contributed by atoms with Gasteiger partial charge in [0.25, 0.3) is 5.91 Å². The van der Waals surface area contributed by atoms with Crippen molar-refractivity contribution in [1.29, 1.82) is 0 Å². The molecule has 2 N–H and O–H groups in total. The van der Waals surface area contributed by atoms with Crippen LogP contribution < -0.4 is 5.32 Å². The molecule has 5 aromatic rings. The Kier molecular flexibility index (Phi) is 4.73. The molecule has 1 aromatic heterocycles. The maximum Gasteiger partial charge on any atom is 0.256 e. The summed E-state index contributed by atoms with van der Waals surface area (Å²) in [4.78, 5) is 17.5. The zero-order valence-electron chi connectivity index (χ0n) is 15.6. The summed E-state index contributed by atoms with van der Waals surface area (Å²) in [5, 5.41) is 16.0. The molecule has 0 aliphatic rings. The van der Waals surface area contributed by atoms with Gasteiger partial charge in [0.2, 0.25) is 0 Å². The number of thiazole rings is 1. The zero-order valence-corrected chi connectivity index (χ0v) is 18.0. The molecule has 0 saturated carbocycles. The Morgan fingerprint density at radius 2 is 1.73 bits per heavy atom. The number of fused-ring (bicyclic) bond motifs is 2. The van der Waals surface area contributed by atoms with E-state index in [9.17, 15) is 9.90 Å². The number of benzene rings is 4. The monoisotopic (exact) mass is 474 g/mol. The number of carbonyl (C=O) groups is 1. The zero-order chi connectivity index (χ0) is 20.7. The van der Waals surface area contributed by atoms with Crippen molar-refractivity contribution in [3.63, 3.8) is 0 Å². The van der Waals surface area contributed by atoms with E-state index in [0.717, 1.165) is 30.5 Å². The summed E-state index contributed by atoms with van der Waals surface area (Å²) < 4.78 is 2.00. The number of phenolic OH excluding ortho intramolecular Hbond substituents is 1. The van der Waals surface area contributed by atoms with Gasteiger partial charge < -0.3 is 10.4 Å². The lowest BCUT2D eigenvalue weighted by molar-refractivity contribution is 0.102. The number of halogens is 1. The van der Waals surface area contributed by atoms with Crippen LogP contribution in [-0.2, 0) is 0 Å². The van der Waals surface area contributed by atoms with Gasteiger partial charge in [-0.15, -0.1) is 11.3 Å². The second kappa shape index (κ2) is 7.55. The van der Waals surface area contributed by atoms with Gasteiger partial charge in [-0.1, -0.05) is 52.3 Å². The molecular formula is C24H15BrN2O2S. The number of hydrogen-bond donors (Lipinski definition) is 2. The molecule has 1 heterocycles. The Bertz CT molecular complexity index is 1390. The van der Waals surface area contributed by atoms with Gasteiger partial charge >= 0.3 is 0 Å². The van der Waals surface area contributed by atoms with Crippen LogP contribution in [0, 0.1) is 0 Å². The topological polar surface area (TPSA) is 62.2 Å². The predicted octanol–water partition coefficient (Wildman–Crippen LogP) is 6.84. The van der Waals surface area contributed by atoms with Crippen molar-refractivity contribution in [2.24, 2.45) is 0 Å². The van der Waals surface area contributed by atoms with E-state index < -0.39 is 0 Å². The smallest absolute Gasteiger partial charge is 0.256 e. The first kappa shape index (κ1) is 18.8. The van der Waals surface area contributed by atoms with Crippen LogP contribution in [0.3, 0.4) is 0 Å².